The average Bonchev–Trinajstić information content (AvgIpc) is 2.80. The Morgan fingerprint density at radius 2 is 2.11 bits per heavy atom. The molecule has 3 N–H and O–H groups in total. The molecule has 1 aromatic heterocycles. The summed E-state index contributed by atoms with van der Waals surface area (Å²) in [7, 11) is 0. The standard InChI is InChI=1S/C10H8Cl2N4OS/c11-6-2-1-5(3-7(6)12)9(17)14-10-16-15-8(4-13)18-10/h1-3H,4,13H2,(H,14,16,17). The summed E-state index contributed by atoms with van der Waals surface area (Å²) >= 11 is 12.8. The van der Waals surface area contributed by atoms with Gasteiger partial charge in [-0.15, -0.1) is 10.2 Å². The van der Waals surface area contributed by atoms with Crippen molar-refractivity contribution in [2.45, 2.75) is 6.54 Å². The van der Waals surface area contributed by atoms with Crippen LogP contribution in [0.4, 0.5) is 5.13 Å². The number of nitrogens with two attached hydrogens (primary N) is 1. The van der Waals surface area contributed by atoms with Crippen molar-refractivity contribution in [2.75, 3.05) is 5.32 Å². The van der Waals surface area contributed by atoms with Gasteiger partial charge in [0.1, 0.15) is 5.01 Å². The highest BCUT2D eigenvalue weighted by Gasteiger charge is 2.11. The van der Waals surface area contributed by atoms with Crippen LogP contribution in [0.15, 0.2) is 18.2 Å². The molecular weight excluding hydrogens is 295 g/mol. The van der Waals surface area contributed by atoms with E-state index in [1.54, 1.807) is 12.1 Å². The van der Waals surface area contributed by atoms with E-state index in [0.717, 1.165) is 0 Å². The van der Waals surface area contributed by atoms with E-state index in [2.05, 4.69) is 15.5 Å². The molecule has 1 amide bonds. The monoisotopic (exact) mass is 302 g/mol. The Morgan fingerprint density at radius 1 is 1.33 bits per heavy atom. The van der Waals surface area contributed by atoms with Crippen molar-refractivity contribution in [3.8, 4) is 0 Å². The third kappa shape index (κ3) is 2.97. The number of nitrogens with zero attached hydrogens (tertiary/aromatic N) is 2. The smallest absolute Gasteiger partial charge is 0.257 e. The summed E-state index contributed by atoms with van der Waals surface area (Å²) in [4.78, 5) is 11.9. The zero-order valence-electron chi connectivity index (χ0n) is 8.98. The number of benzene rings is 1. The van der Waals surface area contributed by atoms with E-state index in [9.17, 15) is 4.79 Å². The zero-order chi connectivity index (χ0) is 13.1. The minimum atomic E-state index is -0.326. The van der Waals surface area contributed by atoms with E-state index >= 15 is 0 Å². The van der Waals surface area contributed by atoms with Gasteiger partial charge in [-0.3, -0.25) is 10.1 Å². The highest BCUT2D eigenvalue weighted by atomic mass is 35.5. The molecule has 0 saturated heterocycles. The van der Waals surface area contributed by atoms with Crippen molar-refractivity contribution in [3.63, 3.8) is 0 Å². The van der Waals surface area contributed by atoms with Crippen LogP contribution in [0.1, 0.15) is 15.4 Å². The fourth-order valence-corrected chi connectivity index (χ4v) is 2.10. The molecule has 0 saturated carbocycles. The normalized spacial score (nSPS) is 10.4. The molecular formula is C10H8Cl2N4OS. The van der Waals surface area contributed by atoms with Crippen LogP contribution in [0.5, 0.6) is 0 Å². The first kappa shape index (κ1) is 13.2. The maximum atomic E-state index is 11.9. The van der Waals surface area contributed by atoms with Crippen molar-refractivity contribution in [2.24, 2.45) is 5.73 Å². The summed E-state index contributed by atoms with van der Waals surface area (Å²) in [6.45, 7) is 0.292. The molecule has 94 valence electrons. The van der Waals surface area contributed by atoms with E-state index in [-0.39, 0.29) is 5.91 Å². The number of aromatic nitrogens is 2. The molecule has 1 aromatic carbocycles. The number of halogens is 2. The van der Waals surface area contributed by atoms with Crippen LogP contribution in [-0.2, 0) is 6.54 Å². The van der Waals surface area contributed by atoms with Crippen molar-refractivity contribution in [3.05, 3.63) is 38.8 Å². The van der Waals surface area contributed by atoms with Crippen molar-refractivity contribution < 1.29 is 4.79 Å². The predicted octanol–water partition coefficient (Wildman–Crippen LogP) is 2.56. The summed E-state index contributed by atoms with van der Waals surface area (Å²) in [6.07, 6.45) is 0. The number of hydrogen-bond acceptors (Lipinski definition) is 5. The molecule has 0 aliphatic rings. The van der Waals surface area contributed by atoms with Gasteiger partial charge in [0.25, 0.3) is 5.91 Å². The molecule has 5 nitrogen and oxygen atoms in total. The Kier molecular flexibility index (Phi) is 4.13. The Bertz CT molecular complexity index is 587. The van der Waals surface area contributed by atoms with Crippen molar-refractivity contribution >= 4 is 45.6 Å². The molecule has 0 radical (unpaired) electrons. The van der Waals surface area contributed by atoms with Gasteiger partial charge < -0.3 is 5.73 Å². The fraction of sp³-hybridized carbons (Fsp3) is 0.100. The average molecular weight is 303 g/mol. The molecule has 0 bridgehead atoms. The Hall–Kier alpha value is -1.21. The third-order valence-corrected chi connectivity index (χ3v) is 3.64. The molecule has 0 spiro atoms. The van der Waals surface area contributed by atoms with Gasteiger partial charge >= 0.3 is 0 Å². The number of carbonyl (C=O) groups excluding carboxylic acids is 1. The number of hydrogen-bond donors (Lipinski definition) is 2. The highest BCUT2D eigenvalue weighted by Crippen LogP contribution is 2.23. The van der Waals surface area contributed by atoms with E-state index in [0.29, 0.717) is 32.3 Å². The lowest BCUT2D eigenvalue weighted by atomic mass is 10.2. The number of nitrogens with one attached hydrogen (secondary N) is 1. The Morgan fingerprint density at radius 3 is 2.72 bits per heavy atom. The zero-order valence-corrected chi connectivity index (χ0v) is 11.3. The van der Waals surface area contributed by atoms with Crippen molar-refractivity contribution in [1.82, 2.24) is 10.2 Å². The van der Waals surface area contributed by atoms with Crippen LogP contribution in [0.2, 0.25) is 10.0 Å². The molecule has 8 heteroatoms. The Labute approximate surface area is 117 Å². The van der Waals surface area contributed by atoms with Crippen LogP contribution in [0.3, 0.4) is 0 Å². The summed E-state index contributed by atoms with van der Waals surface area (Å²) in [6, 6.07) is 4.63. The lowest BCUT2D eigenvalue weighted by Crippen LogP contribution is -2.11. The summed E-state index contributed by atoms with van der Waals surface area (Å²) in [5.41, 5.74) is 5.80. The second-order valence-corrected chi connectivity index (χ2v) is 5.16. The molecule has 18 heavy (non-hydrogen) atoms. The van der Waals surface area contributed by atoms with Crippen LogP contribution in [0, 0.1) is 0 Å². The first-order chi connectivity index (χ1) is 8.60. The molecule has 0 fully saturated rings. The number of amides is 1. The summed E-state index contributed by atoms with van der Waals surface area (Å²) < 4.78 is 0. The molecule has 2 aromatic rings. The summed E-state index contributed by atoms with van der Waals surface area (Å²) in [5, 5.41) is 12.0. The SMILES string of the molecule is NCc1nnc(NC(=O)c2ccc(Cl)c(Cl)c2)s1. The lowest BCUT2D eigenvalue weighted by Gasteiger charge is -2.02. The number of anilines is 1. The number of carbonyl (C=O) groups is 1. The van der Waals surface area contributed by atoms with E-state index in [4.69, 9.17) is 28.9 Å². The van der Waals surface area contributed by atoms with Crippen LogP contribution < -0.4 is 11.1 Å². The first-order valence-electron chi connectivity index (χ1n) is 4.89. The molecule has 0 unspecified atom stereocenters. The van der Waals surface area contributed by atoms with Gasteiger partial charge in [0.15, 0.2) is 0 Å². The highest BCUT2D eigenvalue weighted by molar-refractivity contribution is 7.15. The van der Waals surface area contributed by atoms with Gasteiger partial charge in [0.2, 0.25) is 5.13 Å². The molecule has 1 heterocycles. The summed E-state index contributed by atoms with van der Waals surface area (Å²) in [5.74, 6) is -0.326. The van der Waals surface area contributed by atoms with Gasteiger partial charge in [-0.25, -0.2) is 0 Å². The number of rotatable bonds is 3. The second-order valence-electron chi connectivity index (χ2n) is 3.29. The molecule has 0 aliphatic heterocycles. The van der Waals surface area contributed by atoms with Crippen LogP contribution in [0.25, 0.3) is 0 Å². The predicted molar refractivity (Wildman–Crippen MR) is 72.2 cm³/mol. The maximum absolute atomic E-state index is 11.9. The first-order valence-corrected chi connectivity index (χ1v) is 6.46. The Balaban J connectivity index is 2.14. The largest absolute Gasteiger partial charge is 0.324 e. The van der Waals surface area contributed by atoms with Crippen LogP contribution in [-0.4, -0.2) is 16.1 Å². The van der Waals surface area contributed by atoms with Gasteiger partial charge in [-0.05, 0) is 18.2 Å². The van der Waals surface area contributed by atoms with Gasteiger partial charge in [0.05, 0.1) is 10.0 Å². The maximum Gasteiger partial charge on any atom is 0.257 e. The third-order valence-electron chi connectivity index (χ3n) is 2.04. The quantitative estimate of drug-likeness (QED) is 0.913. The fourth-order valence-electron chi connectivity index (χ4n) is 1.19. The minimum absolute atomic E-state index is 0.292. The van der Waals surface area contributed by atoms with Crippen molar-refractivity contribution in [1.29, 1.82) is 0 Å². The molecule has 0 aliphatic carbocycles. The van der Waals surface area contributed by atoms with Gasteiger partial charge in [-0.2, -0.15) is 0 Å². The van der Waals surface area contributed by atoms with E-state index in [1.165, 1.54) is 17.4 Å². The topological polar surface area (TPSA) is 80.9 Å². The second kappa shape index (κ2) is 5.62. The van der Waals surface area contributed by atoms with Gasteiger partial charge in [-0.1, -0.05) is 34.5 Å². The van der Waals surface area contributed by atoms with E-state index < -0.39 is 0 Å². The lowest BCUT2D eigenvalue weighted by molar-refractivity contribution is 0.102. The molecule has 0 atom stereocenters. The minimum Gasteiger partial charge on any atom is -0.324 e. The van der Waals surface area contributed by atoms with Gasteiger partial charge in [0, 0.05) is 12.1 Å². The van der Waals surface area contributed by atoms with E-state index in [1.807, 2.05) is 0 Å². The molecule has 2 rings (SSSR count). The van der Waals surface area contributed by atoms with Crippen LogP contribution >= 0.6 is 34.5 Å².